The molecule has 6 nitrogen and oxygen atoms in total. The first-order valence-electron chi connectivity index (χ1n) is 5.82. The van der Waals surface area contributed by atoms with Crippen LogP contribution in [0, 0.1) is 0 Å². The van der Waals surface area contributed by atoms with Crippen molar-refractivity contribution < 1.29 is 24.5 Å². The Labute approximate surface area is 112 Å². The zero-order chi connectivity index (χ0) is 14.4. The Bertz CT molecular complexity index is 435. The first kappa shape index (κ1) is 15.4. The lowest BCUT2D eigenvalue weighted by Crippen LogP contribution is -2.29. The Morgan fingerprint density at radius 3 is 2.58 bits per heavy atom. The van der Waals surface area contributed by atoms with Gasteiger partial charge in [-0.05, 0) is 24.7 Å². The van der Waals surface area contributed by atoms with Crippen LogP contribution in [0.25, 0.3) is 0 Å². The lowest BCUT2D eigenvalue weighted by Gasteiger charge is -2.19. The molecule has 1 rings (SSSR count). The molecule has 0 saturated carbocycles. The molecule has 0 saturated heterocycles. The van der Waals surface area contributed by atoms with Gasteiger partial charge in [0.2, 0.25) is 0 Å². The van der Waals surface area contributed by atoms with Gasteiger partial charge >= 0.3 is 5.97 Å². The summed E-state index contributed by atoms with van der Waals surface area (Å²) in [5.74, 6) is -0.228. The number of benzene rings is 1. The van der Waals surface area contributed by atoms with E-state index < -0.39 is 18.2 Å². The molecule has 0 bridgehead atoms. The number of esters is 1. The molecule has 0 heterocycles. The fourth-order valence-electron chi connectivity index (χ4n) is 1.71. The lowest BCUT2D eigenvalue weighted by atomic mass is 10.0. The first-order valence-corrected chi connectivity index (χ1v) is 5.82. The van der Waals surface area contributed by atoms with E-state index in [4.69, 9.17) is 4.74 Å². The summed E-state index contributed by atoms with van der Waals surface area (Å²) in [5.41, 5.74) is 0.733. The molecule has 0 spiro atoms. The van der Waals surface area contributed by atoms with Gasteiger partial charge in [-0.3, -0.25) is 0 Å². The number of carbonyl (C=O) groups is 1. The van der Waals surface area contributed by atoms with Crippen LogP contribution >= 0.6 is 0 Å². The number of hydrogen-bond donors (Lipinski definition) is 3. The predicted octanol–water partition coefficient (Wildman–Crippen LogP) is 0.0955. The quantitative estimate of drug-likeness (QED) is 0.635. The molecule has 0 aliphatic heterocycles. The maximum Gasteiger partial charge on any atom is 0.341 e. The number of rotatable bonds is 6. The molecule has 0 radical (unpaired) electrons. The predicted molar refractivity (Wildman–Crippen MR) is 69.2 cm³/mol. The molecule has 3 N–H and O–H groups in total. The van der Waals surface area contributed by atoms with Gasteiger partial charge in [0.1, 0.15) is 17.4 Å². The van der Waals surface area contributed by atoms with Gasteiger partial charge in [0.05, 0.1) is 20.3 Å². The summed E-state index contributed by atoms with van der Waals surface area (Å²) < 4.78 is 9.71. The maximum atomic E-state index is 11.5. The highest BCUT2D eigenvalue weighted by atomic mass is 16.5. The van der Waals surface area contributed by atoms with Crippen molar-refractivity contribution in [1.29, 1.82) is 0 Å². The minimum Gasteiger partial charge on any atom is -0.496 e. The van der Waals surface area contributed by atoms with Crippen molar-refractivity contribution >= 4 is 5.97 Å². The van der Waals surface area contributed by atoms with E-state index in [1.807, 2.05) is 0 Å². The van der Waals surface area contributed by atoms with Crippen LogP contribution < -0.4 is 10.1 Å². The van der Waals surface area contributed by atoms with Crippen LogP contribution in [0.1, 0.15) is 22.0 Å². The summed E-state index contributed by atoms with van der Waals surface area (Å²) in [6, 6.07) is 4.56. The highest BCUT2D eigenvalue weighted by Gasteiger charge is 2.20. The topological polar surface area (TPSA) is 88.0 Å². The van der Waals surface area contributed by atoms with Gasteiger partial charge in [0, 0.05) is 6.54 Å². The molecule has 0 aliphatic rings. The number of nitrogens with one attached hydrogen (secondary N) is 1. The summed E-state index contributed by atoms with van der Waals surface area (Å²) in [6.45, 7) is 0.252. The minimum atomic E-state index is -1.06. The van der Waals surface area contributed by atoms with Crippen molar-refractivity contribution in [3.05, 3.63) is 29.3 Å². The second kappa shape index (κ2) is 7.08. The van der Waals surface area contributed by atoms with Crippen LogP contribution in [0.4, 0.5) is 0 Å². The minimum absolute atomic E-state index is 0.252. The summed E-state index contributed by atoms with van der Waals surface area (Å²) in [6.07, 6.45) is -2.01. The number of hydrogen-bond acceptors (Lipinski definition) is 6. The smallest absolute Gasteiger partial charge is 0.341 e. The van der Waals surface area contributed by atoms with E-state index in [0.29, 0.717) is 11.3 Å². The summed E-state index contributed by atoms with van der Waals surface area (Å²) in [4.78, 5) is 11.5. The molecule has 106 valence electrons. The van der Waals surface area contributed by atoms with Crippen molar-refractivity contribution in [3.8, 4) is 5.75 Å². The van der Waals surface area contributed by atoms with Crippen LogP contribution in [-0.4, -0.2) is 50.1 Å². The average molecular weight is 269 g/mol. The van der Waals surface area contributed by atoms with E-state index in [1.54, 1.807) is 13.1 Å². The maximum absolute atomic E-state index is 11.5. The molecule has 0 aromatic heterocycles. The van der Waals surface area contributed by atoms with E-state index in [-0.39, 0.29) is 12.1 Å². The third kappa shape index (κ3) is 3.66. The van der Waals surface area contributed by atoms with Crippen LogP contribution in [0.2, 0.25) is 0 Å². The van der Waals surface area contributed by atoms with Crippen LogP contribution in [0.5, 0.6) is 5.75 Å². The average Bonchev–Trinajstić information content (AvgIpc) is 2.45. The zero-order valence-corrected chi connectivity index (χ0v) is 11.2. The van der Waals surface area contributed by atoms with E-state index in [2.05, 4.69) is 10.1 Å². The van der Waals surface area contributed by atoms with E-state index in [1.165, 1.54) is 26.4 Å². The second-order valence-corrected chi connectivity index (χ2v) is 4.02. The first-order chi connectivity index (χ1) is 9.04. The standard InChI is InChI=1S/C13H19NO5/c1-14-7-10(15)12(16)8-4-5-9(13(17)19-3)11(6-8)18-2/h4-6,10,12,14-16H,7H2,1-3H3. The molecule has 6 heteroatoms. The van der Waals surface area contributed by atoms with Gasteiger partial charge in [0.25, 0.3) is 0 Å². The Morgan fingerprint density at radius 1 is 1.37 bits per heavy atom. The van der Waals surface area contributed by atoms with Gasteiger partial charge in [0.15, 0.2) is 0 Å². The molecule has 1 aromatic rings. The Kier molecular flexibility index (Phi) is 5.75. The molecule has 0 fully saturated rings. The number of ether oxygens (including phenoxy) is 2. The molecule has 0 amide bonds. The second-order valence-electron chi connectivity index (χ2n) is 4.02. The van der Waals surface area contributed by atoms with Crippen molar-refractivity contribution in [2.45, 2.75) is 12.2 Å². The Balaban J connectivity index is 3.02. The molecule has 2 atom stereocenters. The van der Waals surface area contributed by atoms with Crippen LogP contribution in [-0.2, 0) is 4.74 Å². The van der Waals surface area contributed by atoms with Crippen LogP contribution in [0.3, 0.4) is 0 Å². The fraction of sp³-hybridized carbons (Fsp3) is 0.462. The SMILES string of the molecule is CNCC(O)C(O)c1ccc(C(=O)OC)c(OC)c1. The zero-order valence-electron chi connectivity index (χ0n) is 11.2. The number of aliphatic hydroxyl groups is 2. The van der Waals surface area contributed by atoms with Gasteiger partial charge in [-0.1, -0.05) is 6.07 Å². The Morgan fingerprint density at radius 2 is 2.05 bits per heavy atom. The molecule has 19 heavy (non-hydrogen) atoms. The normalized spacial score (nSPS) is 13.7. The number of methoxy groups -OCH3 is 2. The van der Waals surface area contributed by atoms with Crippen molar-refractivity contribution in [2.24, 2.45) is 0 Å². The highest BCUT2D eigenvalue weighted by Crippen LogP contribution is 2.26. The molecular formula is C13H19NO5. The molecule has 1 aromatic carbocycles. The van der Waals surface area contributed by atoms with E-state index >= 15 is 0 Å². The lowest BCUT2D eigenvalue weighted by molar-refractivity contribution is 0.0201. The molecule has 2 unspecified atom stereocenters. The van der Waals surface area contributed by atoms with Crippen molar-refractivity contribution in [3.63, 3.8) is 0 Å². The Hall–Kier alpha value is -1.63. The van der Waals surface area contributed by atoms with Crippen LogP contribution in [0.15, 0.2) is 18.2 Å². The number of aliphatic hydroxyl groups excluding tert-OH is 2. The van der Waals surface area contributed by atoms with Crippen molar-refractivity contribution in [1.82, 2.24) is 5.32 Å². The van der Waals surface area contributed by atoms with E-state index in [9.17, 15) is 15.0 Å². The largest absolute Gasteiger partial charge is 0.496 e. The summed E-state index contributed by atoms with van der Waals surface area (Å²) in [7, 11) is 4.38. The number of carbonyl (C=O) groups excluding carboxylic acids is 1. The summed E-state index contributed by atoms with van der Waals surface area (Å²) >= 11 is 0. The van der Waals surface area contributed by atoms with Gasteiger partial charge in [-0.15, -0.1) is 0 Å². The highest BCUT2D eigenvalue weighted by molar-refractivity contribution is 5.92. The fourth-order valence-corrected chi connectivity index (χ4v) is 1.71. The third-order valence-corrected chi connectivity index (χ3v) is 2.75. The van der Waals surface area contributed by atoms with Gasteiger partial charge in [-0.2, -0.15) is 0 Å². The summed E-state index contributed by atoms with van der Waals surface area (Å²) in [5, 5.41) is 22.4. The third-order valence-electron chi connectivity index (χ3n) is 2.75. The van der Waals surface area contributed by atoms with Gasteiger partial charge in [-0.25, -0.2) is 4.79 Å². The van der Waals surface area contributed by atoms with E-state index in [0.717, 1.165) is 0 Å². The van der Waals surface area contributed by atoms with Crippen molar-refractivity contribution in [2.75, 3.05) is 27.8 Å². The molecule has 0 aliphatic carbocycles. The van der Waals surface area contributed by atoms with Gasteiger partial charge < -0.3 is 25.0 Å². The number of likely N-dealkylation sites (N-methyl/N-ethyl adjacent to an activating group) is 1. The molecular weight excluding hydrogens is 250 g/mol. The monoisotopic (exact) mass is 269 g/mol.